The van der Waals surface area contributed by atoms with Crippen LogP contribution in [0.2, 0.25) is 5.02 Å². The summed E-state index contributed by atoms with van der Waals surface area (Å²) in [6, 6.07) is 20.4. The first kappa shape index (κ1) is 19.7. The molecule has 0 radical (unpaired) electrons. The molecule has 3 aromatic rings. The molecule has 3 aromatic carbocycles. The van der Waals surface area contributed by atoms with Crippen LogP contribution < -0.4 is 10.1 Å². The molecule has 0 bridgehead atoms. The Hall–Kier alpha value is -3.05. The van der Waals surface area contributed by atoms with Gasteiger partial charge >= 0.3 is 5.97 Å². The van der Waals surface area contributed by atoms with Crippen molar-refractivity contribution < 1.29 is 19.1 Å². The zero-order chi connectivity index (χ0) is 19.9. The number of ether oxygens (including phenoxy) is 2. The van der Waals surface area contributed by atoms with Crippen molar-refractivity contribution in [1.82, 2.24) is 5.32 Å². The molecule has 0 heterocycles. The third-order valence-electron chi connectivity index (χ3n) is 4.18. The third-order valence-corrected chi connectivity index (χ3v) is 4.42. The van der Waals surface area contributed by atoms with Gasteiger partial charge in [-0.2, -0.15) is 0 Å². The lowest BCUT2D eigenvalue weighted by Gasteiger charge is -2.16. The Kier molecular flexibility index (Phi) is 6.50. The van der Waals surface area contributed by atoms with E-state index in [2.05, 4.69) is 5.32 Å². The number of amides is 1. The van der Waals surface area contributed by atoms with Crippen LogP contribution in [0.5, 0.6) is 5.75 Å². The number of rotatable bonds is 7. The zero-order valence-corrected chi connectivity index (χ0v) is 16.1. The van der Waals surface area contributed by atoms with Gasteiger partial charge in [-0.25, -0.2) is 4.79 Å². The Labute approximate surface area is 168 Å². The van der Waals surface area contributed by atoms with Crippen LogP contribution in [0.15, 0.2) is 66.7 Å². The average molecular weight is 398 g/mol. The summed E-state index contributed by atoms with van der Waals surface area (Å²) in [6.07, 6.45) is 0. The van der Waals surface area contributed by atoms with Gasteiger partial charge in [-0.05, 0) is 41.5 Å². The van der Waals surface area contributed by atoms with Crippen molar-refractivity contribution in [2.45, 2.75) is 13.0 Å². The van der Waals surface area contributed by atoms with Gasteiger partial charge < -0.3 is 14.8 Å². The topological polar surface area (TPSA) is 64.6 Å². The van der Waals surface area contributed by atoms with E-state index in [-0.39, 0.29) is 25.2 Å². The highest BCUT2D eigenvalue weighted by Gasteiger charge is 2.14. The van der Waals surface area contributed by atoms with E-state index in [0.717, 1.165) is 16.3 Å². The lowest BCUT2D eigenvalue weighted by atomic mass is 10.00. The highest BCUT2D eigenvalue weighted by Crippen LogP contribution is 2.24. The summed E-state index contributed by atoms with van der Waals surface area (Å²) in [5.41, 5.74) is 1.00. The third kappa shape index (κ3) is 5.24. The summed E-state index contributed by atoms with van der Waals surface area (Å²) >= 11 is 5.85. The molecular weight excluding hydrogens is 378 g/mol. The molecule has 0 aliphatic rings. The average Bonchev–Trinajstić information content (AvgIpc) is 2.70. The molecule has 0 spiro atoms. The predicted octanol–water partition coefficient (Wildman–Crippen LogP) is 4.29. The number of carbonyl (C=O) groups excluding carboxylic acids is 2. The highest BCUT2D eigenvalue weighted by molar-refractivity contribution is 6.30. The molecule has 1 N–H and O–H groups in total. The molecule has 0 saturated carbocycles. The monoisotopic (exact) mass is 397 g/mol. The minimum atomic E-state index is -0.632. The standard InChI is InChI=1S/C22H20ClNO4/c1-15(19-11-4-7-16-6-2-3-10-20(16)19)24-21(25)13-28-22(26)14-27-18-9-5-8-17(23)12-18/h2-12,15H,13-14H2,1H3,(H,24,25)/t15-/m0/s1. The van der Waals surface area contributed by atoms with Crippen LogP contribution in [0, 0.1) is 0 Å². The summed E-state index contributed by atoms with van der Waals surface area (Å²) in [6.45, 7) is 1.23. The molecule has 144 valence electrons. The number of fused-ring (bicyclic) bond motifs is 1. The van der Waals surface area contributed by atoms with Gasteiger partial charge in [0.05, 0.1) is 6.04 Å². The Morgan fingerprint density at radius 2 is 1.75 bits per heavy atom. The molecule has 1 amide bonds. The van der Waals surface area contributed by atoms with Crippen LogP contribution in [0.4, 0.5) is 0 Å². The van der Waals surface area contributed by atoms with Crippen LogP contribution in [-0.2, 0) is 14.3 Å². The van der Waals surface area contributed by atoms with E-state index in [1.165, 1.54) is 0 Å². The Morgan fingerprint density at radius 3 is 2.57 bits per heavy atom. The van der Waals surface area contributed by atoms with Crippen molar-refractivity contribution in [3.63, 3.8) is 0 Å². The number of benzene rings is 3. The second-order valence-electron chi connectivity index (χ2n) is 6.26. The predicted molar refractivity (Wildman–Crippen MR) is 108 cm³/mol. The van der Waals surface area contributed by atoms with Gasteiger partial charge in [0, 0.05) is 5.02 Å². The Bertz CT molecular complexity index is 984. The summed E-state index contributed by atoms with van der Waals surface area (Å²) < 4.78 is 10.3. The number of hydrogen-bond donors (Lipinski definition) is 1. The van der Waals surface area contributed by atoms with E-state index in [4.69, 9.17) is 21.1 Å². The van der Waals surface area contributed by atoms with Crippen LogP contribution in [-0.4, -0.2) is 25.1 Å². The molecule has 0 saturated heterocycles. The maximum absolute atomic E-state index is 12.1. The van der Waals surface area contributed by atoms with Crippen LogP contribution in [0.1, 0.15) is 18.5 Å². The van der Waals surface area contributed by atoms with E-state index in [1.54, 1.807) is 24.3 Å². The van der Waals surface area contributed by atoms with Crippen molar-refractivity contribution in [3.8, 4) is 5.75 Å². The SMILES string of the molecule is C[C@H](NC(=O)COC(=O)COc1cccc(Cl)c1)c1cccc2ccccc12. The molecule has 28 heavy (non-hydrogen) atoms. The zero-order valence-electron chi connectivity index (χ0n) is 15.4. The fourth-order valence-corrected chi connectivity index (χ4v) is 3.06. The summed E-state index contributed by atoms with van der Waals surface area (Å²) in [5, 5.41) is 5.53. The van der Waals surface area contributed by atoms with Crippen molar-refractivity contribution in [1.29, 1.82) is 0 Å². The number of esters is 1. The summed E-state index contributed by atoms with van der Waals surface area (Å²) in [4.78, 5) is 23.9. The van der Waals surface area contributed by atoms with Crippen LogP contribution in [0.3, 0.4) is 0 Å². The summed E-state index contributed by atoms with van der Waals surface area (Å²) in [7, 11) is 0. The van der Waals surface area contributed by atoms with Gasteiger partial charge in [-0.3, -0.25) is 4.79 Å². The minimum absolute atomic E-state index is 0.222. The number of nitrogens with one attached hydrogen (secondary N) is 1. The van der Waals surface area contributed by atoms with Crippen molar-refractivity contribution in [3.05, 3.63) is 77.3 Å². The maximum atomic E-state index is 12.1. The molecule has 0 aliphatic heterocycles. The molecule has 5 nitrogen and oxygen atoms in total. The van der Waals surface area contributed by atoms with Gasteiger partial charge in [-0.1, -0.05) is 60.1 Å². The lowest BCUT2D eigenvalue weighted by Crippen LogP contribution is -2.32. The molecule has 0 aliphatic carbocycles. The van der Waals surface area contributed by atoms with Gasteiger partial charge in [0.2, 0.25) is 0 Å². The van der Waals surface area contributed by atoms with E-state index in [0.29, 0.717) is 10.8 Å². The fraction of sp³-hybridized carbons (Fsp3) is 0.182. The second-order valence-corrected chi connectivity index (χ2v) is 6.70. The van der Waals surface area contributed by atoms with Crippen molar-refractivity contribution >= 4 is 34.2 Å². The first-order valence-corrected chi connectivity index (χ1v) is 9.22. The number of carbonyl (C=O) groups is 2. The molecule has 0 aromatic heterocycles. The highest BCUT2D eigenvalue weighted by atomic mass is 35.5. The van der Waals surface area contributed by atoms with Gasteiger partial charge in [0.25, 0.3) is 5.91 Å². The maximum Gasteiger partial charge on any atom is 0.344 e. The first-order valence-electron chi connectivity index (χ1n) is 8.84. The molecule has 6 heteroatoms. The van der Waals surface area contributed by atoms with Crippen LogP contribution in [0.25, 0.3) is 10.8 Å². The van der Waals surface area contributed by atoms with Crippen molar-refractivity contribution in [2.24, 2.45) is 0 Å². The van der Waals surface area contributed by atoms with Gasteiger partial charge in [0.1, 0.15) is 5.75 Å². The van der Waals surface area contributed by atoms with E-state index in [1.807, 2.05) is 49.4 Å². The Morgan fingerprint density at radius 1 is 1.00 bits per heavy atom. The Balaban J connectivity index is 1.49. The quantitative estimate of drug-likeness (QED) is 0.604. The lowest BCUT2D eigenvalue weighted by molar-refractivity contribution is -0.150. The van der Waals surface area contributed by atoms with Gasteiger partial charge in [-0.15, -0.1) is 0 Å². The minimum Gasteiger partial charge on any atom is -0.482 e. The van der Waals surface area contributed by atoms with Gasteiger partial charge in [0.15, 0.2) is 13.2 Å². The molecular formula is C22H20ClNO4. The normalized spacial score (nSPS) is 11.6. The molecule has 0 unspecified atom stereocenters. The first-order chi connectivity index (χ1) is 13.5. The fourth-order valence-electron chi connectivity index (χ4n) is 2.88. The molecule has 3 rings (SSSR count). The number of hydrogen-bond acceptors (Lipinski definition) is 4. The smallest absolute Gasteiger partial charge is 0.344 e. The molecule has 1 atom stereocenters. The largest absolute Gasteiger partial charge is 0.482 e. The van der Waals surface area contributed by atoms with Crippen LogP contribution >= 0.6 is 11.6 Å². The second kappa shape index (κ2) is 9.24. The number of halogens is 1. The van der Waals surface area contributed by atoms with E-state index in [9.17, 15) is 9.59 Å². The van der Waals surface area contributed by atoms with E-state index < -0.39 is 5.97 Å². The molecule has 0 fully saturated rings. The van der Waals surface area contributed by atoms with Crippen molar-refractivity contribution in [2.75, 3.05) is 13.2 Å². The summed E-state index contributed by atoms with van der Waals surface area (Å²) in [5.74, 6) is -0.553. The van der Waals surface area contributed by atoms with E-state index >= 15 is 0 Å².